The third-order valence-corrected chi connectivity index (χ3v) is 15.2. The summed E-state index contributed by atoms with van der Waals surface area (Å²) in [7, 11) is -5.02. The van der Waals surface area contributed by atoms with Crippen molar-refractivity contribution in [1.82, 2.24) is 29.9 Å². The number of hydrogen-bond donors (Lipinski definition) is 10. The van der Waals surface area contributed by atoms with Crippen LogP contribution < -0.4 is 35.5 Å². The quantitative estimate of drug-likeness (QED) is 0.00835. The maximum Gasteiger partial charge on any atom is 0.335 e. The highest BCUT2D eigenvalue weighted by molar-refractivity contribution is 7.86. The fraction of sp³-hybridized carbons (Fsp3) is 0.182. The van der Waals surface area contributed by atoms with Gasteiger partial charge in [-0.2, -0.15) is 53.7 Å². The number of carboxylic acids is 3. The molecule has 0 radical (unpaired) electrons. The van der Waals surface area contributed by atoms with Crippen LogP contribution in [0.4, 0.5) is 69.3 Å². The van der Waals surface area contributed by atoms with Crippen molar-refractivity contribution in [3.05, 3.63) is 167 Å². The van der Waals surface area contributed by atoms with E-state index < -0.39 is 57.4 Å². The van der Waals surface area contributed by atoms with Gasteiger partial charge in [0, 0.05) is 54.9 Å². The topological polar surface area (TPSA) is 476 Å². The number of phenolic OH excluding ortho intramolecular Hbond substituents is 2. The number of benzene rings is 8. The minimum atomic E-state index is -5.02. The molecule has 10 aromatic rings. The number of nitrogens with zero attached hydrogens (tertiary/aromatic N) is 14. The van der Waals surface area contributed by atoms with Crippen molar-refractivity contribution in [3.8, 4) is 28.7 Å². The summed E-state index contributed by atoms with van der Waals surface area (Å²) in [6.45, 7) is 6.90. The van der Waals surface area contributed by atoms with E-state index in [0.717, 1.165) is 6.07 Å². The first-order chi connectivity index (χ1) is 48.1. The molecule has 0 aliphatic rings. The van der Waals surface area contributed by atoms with Crippen LogP contribution in [0.1, 0.15) is 58.1 Å². The zero-order valence-electron chi connectivity index (χ0n) is 53.4. The summed E-state index contributed by atoms with van der Waals surface area (Å²) in [5, 5.41) is 98.9. The Morgan fingerprint density at radius 1 is 0.510 bits per heavy atom. The first-order valence-electron chi connectivity index (χ1n) is 30.2. The Morgan fingerprint density at radius 3 is 1.52 bits per heavy atom. The Hall–Kier alpha value is -13.1. The lowest BCUT2D eigenvalue weighted by molar-refractivity contribution is -0.136. The van der Waals surface area contributed by atoms with Crippen molar-refractivity contribution in [2.24, 2.45) is 40.9 Å². The average molecular weight is 1380 g/mol. The number of hydrogen-bond acceptors (Lipinski definition) is 29. The Labute approximate surface area is 567 Å². The average Bonchev–Trinajstić information content (AvgIpc) is 0.766. The van der Waals surface area contributed by atoms with E-state index in [2.05, 4.69) is 92.1 Å². The maximum atomic E-state index is 12.8. The second-order valence-corrected chi connectivity index (χ2v) is 22.9. The van der Waals surface area contributed by atoms with Gasteiger partial charge in [0.1, 0.15) is 69.6 Å². The molecule has 0 aliphatic heterocycles. The molecule has 0 unspecified atom stereocenters. The van der Waals surface area contributed by atoms with E-state index in [1.54, 1.807) is 92.7 Å². The van der Waals surface area contributed by atoms with E-state index in [9.17, 15) is 57.7 Å². The smallest absolute Gasteiger partial charge is 0.335 e. The SMILES string of the molecule is CCOc1cc(N=Nc2c(S(=O)(=O)O)cc3ccc(Cc4nc(NCCNc5nc(Cc6ccc7ccc(N=Nc8cc(C)c(N=Nc9cccc(OC=O)c9)cc8OCC)c(O)c7c6)nc(NCC(=O)O)n5)nc(NCC(=O)O)n4)cc3c2O)c(C)cc1N=Nc1cccc(C(=O)O)c1. The first kappa shape index (κ1) is 69.7. The summed E-state index contributed by atoms with van der Waals surface area (Å²) in [5.41, 5.74) is 3.79. The maximum absolute atomic E-state index is 12.8. The Balaban J connectivity index is 0.845. The molecular weight excluding hydrogens is 1320 g/mol. The van der Waals surface area contributed by atoms with Crippen LogP contribution in [0.5, 0.6) is 28.7 Å². The van der Waals surface area contributed by atoms with E-state index in [0.29, 0.717) is 74.7 Å². The molecule has 8 aromatic carbocycles. The standard InChI is InChI=1S/C66H60N18O15S/c1-5-97-52-31-49(36(4)21-50(52)82-77-42-10-7-9-41(27-42)62(92)93)81-84-59-54(100(94,95)96)28-40-16-14-38(24-46(40)61(59)91)26-56-72-64(76-66(74-56)70-33-58(88)89)68-20-19-67-63-71-55(73-65(75-63)69-32-57(86)87)25-37-13-15-39-17-18-47(60(90)45(39)23-37)79-83-51-22-35(3)48(30-53(51)98-6-2)80-78-43-11-8-12-44(29-43)99-34-85/h7-18,21-24,27-31,34,90-91H,5-6,19-20,25-26,32-33H2,1-4H3,(H,86,87)(H,88,89)(H,92,93)(H,94,95,96)(H2,67,69,71,73,75)(H2,68,70,72,74,76). The summed E-state index contributed by atoms with van der Waals surface area (Å²) in [6, 6.07) is 33.2. The van der Waals surface area contributed by atoms with E-state index in [4.69, 9.17) is 14.2 Å². The number of aromatic hydroxyl groups is 2. The number of aromatic nitrogens is 6. The van der Waals surface area contributed by atoms with Crippen molar-refractivity contribution in [2.45, 2.75) is 45.4 Å². The predicted molar refractivity (Wildman–Crippen MR) is 363 cm³/mol. The molecule has 0 bridgehead atoms. The molecule has 100 heavy (non-hydrogen) atoms. The van der Waals surface area contributed by atoms with Crippen molar-refractivity contribution in [1.29, 1.82) is 0 Å². The first-order valence-corrected chi connectivity index (χ1v) is 31.7. The molecular formula is C66H60N18O15S. The van der Waals surface area contributed by atoms with Crippen LogP contribution in [0, 0.1) is 13.8 Å². The summed E-state index contributed by atoms with van der Waals surface area (Å²) in [6.07, 6.45) is 0.0343. The number of carboxylic acid groups (broad SMARTS) is 3. The van der Waals surface area contributed by atoms with E-state index in [-0.39, 0.29) is 119 Å². The van der Waals surface area contributed by atoms with Crippen LogP contribution in [0.25, 0.3) is 21.5 Å². The highest BCUT2D eigenvalue weighted by Crippen LogP contribution is 2.45. The lowest BCUT2D eigenvalue weighted by Crippen LogP contribution is -2.21. The van der Waals surface area contributed by atoms with Crippen LogP contribution in [-0.2, 0) is 37.3 Å². The number of fused-ring (bicyclic) bond motifs is 2. The summed E-state index contributed by atoms with van der Waals surface area (Å²) in [5.74, 6) is -3.29. The van der Waals surface area contributed by atoms with Crippen molar-refractivity contribution in [2.75, 3.05) is 60.7 Å². The molecule has 2 heterocycles. The molecule has 2 aromatic heterocycles. The Kier molecular flexibility index (Phi) is 22.0. The number of rotatable bonds is 31. The third kappa shape index (κ3) is 18.1. The van der Waals surface area contributed by atoms with Crippen LogP contribution >= 0.6 is 0 Å². The molecule has 10 N–H and O–H groups in total. The summed E-state index contributed by atoms with van der Waals surface area (Å²) in [4.78, 5) is 71.6. The zero-order chi connectivity index (χ0) is 71.0. The van der Waals surface area contributed by atoms with Gasteiger partial charge in [0.25, 0.3) is 16.6 Å². The second kappa shape index (κ2) is 31.6. The molecule has 510 valence electrons. The fourth-order valence-corrected chi connectivity index (χ4v) is 10.4. The van der Waals surface area contributed by atoms with Gasteiger partial charge in [-0.25, -0.2) is 4.79 Å². The van der Waals surface area contributed by atoms with Crippen LogP contribution in [0.3, 0.4) is 0 Å². The van der Waals surface area contributed by atoms with Crippen molar-refractivity contribution in [3.63, 3.8) is 0 Å². The minimum Gasteiger partial charge on any atom is -0.505 e. The van der Waals surface area contributed by atoms with Crippen LogP contribution in [0.15, 0.2) is 173 Å². The lowest BCUT2D eigenvalue weighted by atomic mass is 10.0. The van der Waals surface area contributed by atoms with Crippen molar-refractivity contribution < 1.29 is 71.9 Å². The van der Waals surface area contributed by atoms with Gasteiger partial charge in [-0.3, -0.25) is 18.9 Å². The van der Waals surface area contributed by atoms with Crippen LogP contribution in [0.2, 0.25) is 0 Å². The molecule has 10 rings (SSSR count). The van der Waals surface area contributed by atoms with E-state index >= 15 is 0 Å². The number of aliphatic carboxylic acids is 2. The zero-order valence-corrected chi connectivity index (χ0v) is 54.2. The third-order valence-electron chi connectivity index (χ3n) is 14.3. The molecule has 0 saturated heterocycles. The number of carbonyl (C=O) groups excluding carboxylic acids is 1. The number of anilines is 4. The largest absolute Gasteiger partial charge is 0.505 e. The number of ether oxygens (including phenoxy) is 3. The monoisotopic (exact) mass is 1380 g/mol. The number of phenols is 2. The predicted octanol–water partition coefficient (Wildman–Crippen LogP) is 13.0. The Morgan fingerprint density at radius 2 is 0.990 bits per heavy atom. The van der Waals surface area contributed by atoms with Gasteiger partial charge < -0.3 is 61.0 Å². The normalized spacial score (nSPS) is 11.7. The van der Waals surface area contributed by atoms with Crippen LogP contribution in [-0.4, -0.2) is 132 Å². The van der Waals surface area contributed by atoms with Gasteiger partial charge in [0.05, 0.1) is 41.5 Å². The molecule has 0 aliphatic carbocycles. The molecule has 34 heteroatoms. The van der Waals surface area contributed by atoms with E-state index in [1.807, 2.05) is 19.9 Å². The molecule has 0 saturated carbocycles. The molecule has 0 atom stereocenters. The van der Waals surface area contributed by atoms with Gasteiger partial charge >= 0.3 is 17.9 Å². The van der Waals surface area contributed by atoms with Crippen molar-refractivity contribution >= 4 is 125 Å². The van der Waals surface area contributed by atoms with Gasteiger partial charge in [0.15, 0.2) is 11.5 Å². The summed E-state index contributed by atoms with van der Waals surface area (Å²) >= 11 is 0. The van der Waals surface area contributed by atoms with Gasteiger partial charge in [-0.1, -0.05) is 42.5 Å². The fourth-order valence-electron chi connectivity index (χ4n) is 9.71. The number of aromatic carboxylic acids is 1. The van der Waals surface area contributed by atoms with Gasteiger partial charge in [-0.15, -0.1) is 25.6 Å². The Bertz CT molecular complexity index is 5060. The summed E-state index contributed by atoms with van der Waals surface area (Å²) < 4.78 is 52.6. The number of carbonyl (C=O) groups is 4. The molecule has 33 nitrogen and oxygen atoms in total. The highest BCUT2D eigenvalue weighted by Gasteiger charge is 2.24. The van der Waals surface area contributed by atoms with Gasteiger partial charge in [-0.05, 0) is 127 Å². The van der Waals surface area contributed by atoms with E-state index in [1.165, 1.54) is 36.4 Å². The lowest BCUT2D eigenvalue weighted by Gasteiger charge is -2.13. The minimum absolute atomic E-state index is 0.00418. The highest BCUT2D eigenvalue weighted by atomic mass is 32.2. The number of azo groups is 4. The molecule has 0 fully saturated rings. The number of aryl methyl sites for hydroxylation is 2. The van der Waals surface area contributed by atoms with Gasteiger partial charge in [0.2, 0.25) is 23.8 Å². The molecule has 0 spiro atoms. The molecule has 0 amide bonds. The second-order valence-electron chi connectivity index (χ2n) is 21.5. The number of nitrogens with one attached hydrogen (secondary N) is 4.